The first kappa shape index (κ1) is 20.1. The second-order valence-electron chi connectivity index (χ2n) is 7.87. The van der Waals surface area contributed by atoms with Crippen LogP contribution in [0.1, 0.15) is 31.7 Å². The summed E-state index contributed by atoms with van der Waals surface area (Å²) in [6.07, 6.45) is 6.34. The highest BCUT2D eigenvalue weighted by Crippen LogP contribution is 2.36. The monoisotopic (exact) mass is 379 g/mol. The molecule has 5 heteroatoms. The molecule has 1 aliphatic rings. The zero-order valence-electron chi connectivity index (χ0n) is 17.0. The molecule has 28 heavy (non-hydrogen) atoms. The SMILES string of the molecule is CCC(=O)N1CCCC(Cc2cccc(-c3ccncc3)c2)(C(=O)N(C)C)C1. The van der Waals surface area contributed by atoms with Crippen molar-refractivity contribution in [2.75, 3.05) is 27.2 Å². The molecule has 148 valence electrons. The molecule has 0 aliphatic carbocycles. The Kier molecular flexibility index (Phi) is 6.12. The van der Waals surface area contributed by atoms with E-state index in [2.05, 4.69) is 23.2 Å². The molecule has 1 aromatic carbocycles. The van der Waals surface area contributed by atoms with Gasteiger partial charge in [0.2, 0.25) is 11.8 Å². The zero-order valence-corrected chi connectivity index (χ0v) is 17.0. The summed E-state index contributed by atoms with van der Waals surface area (Å²) in [5.74, 6) is 0.233. The number of piperidine rings is 1. The second-order valence-corrected chi connectivity index (χ2v) is 7.87. The maximum atomic E-state index is 13.2. The quantitative estimate of drug-likeness (QED) is 0.800. The molecule has 1 saturated heterocycles. The Morgan fingerprint density at radius 1 is 1.14 bits per heavy atom. The van der Waals surface area contributed by atoms with Crippen molar-refractivity contribution in [1.29, 1.82) is 0 Å². The van der Waals surface area contributed by atoms with E-state index in [0.29, 0.717) is 19.4 Å². The van der Waals surface area contributed by atoms with E-state index in [1.807, 2.05) is 30.0 Å². The maximum absolute atomic E-state index is 13.2. The fourth-order valence-electron chi connectivity index (χ4n) is 4.23. The van der Waals surface area contributed by atoms with Crippen molar-refractivity contribution >= 4 is 11.8 Å². The Balaban J connectivity index is 1.92. The number of carbonyl (C=O) groups is 2. The average Bonchev–Trinajstić information content (AvgIpc) is 2.73. The number of nitrogens with zero attached hydrogens (tertiary/aromatic N) is 3. The molecule has 5 nitrogen and oxygen atoms in total. The molecule has 0 spiro atoms. The minimum absolute atomic E-state index is 0.107. The van der Waals surface area contributed by atoms with Gasteiger partial charge in [0.25, 0.3) is 0 Å². The normalized spacial score (nSPS) is 19.3. The van der Waals surface area contributed by atoms with Crippen LogP contribution in [0.3, 0.4) is 0 Å². The number of hydrogen-bond acceptors (Lipinski definition) is 3. The van der Waals surface area contributed by atoms with Crippen LogP contribution in [-0.4, -0.2) is 53.8 Å². The summed E-state index contributed by atoms with van der Waals surface area (Å²) >= 11 is 0. The summed E-state index contributed by atoms with van der Waals surface area (Å²) in [5.41, 5.74) is 2.78. The first-order chi connectivity index (χ1) is 13.4. The molecule has 1 aliphatic heterocycles. The smallest absolute Gasteiger partial charge is 0.230 e. The third kappa shape index (κ3) is 4.24. The van der Waals surface area contributed by atoms with Crippen molar-refractivity contribution in [2.24, 2.45) is 5.41 Å². The first-order valence-electron chi connectivity index (χ1n) is 9.94. The number of hydrogen-bond donors (Lipinski definition) is 0. The predicted molar refractivity (Wildman–Crippen MR) is 111 cm³/mol. The van der Waals surface area contributed by atoms with Gasteiger partial charge in [-0.1, -0.05) is 31.2 Å². The summed E-state index contributed by atoms with van der Waals surface area (Å²) in [5, 5.41) is 0. The van der Waals surface area contributed by atoms with Crippen molar-refractivity contribution in [2.45, 2.75) is 32.6 Å². The molecule has 0 saturated carbocycles. The highest BCUT2D eigenvalue weighted by molar-refractivity contribution is 5.84. The van der Waals surface area contributed by atoms with Crippen LogP contribution in [0, 0.1) is 5.41 Å². The number of pyridine rings is 1. The van der Waals surface area contributed by atoms with Gasteiger partial charge in [0.05, 0.1) is 5.41 Å². The molecular formula is C23H29N3O2. The van der Waals surface area contributed by atoms with Gasteiger partial charge in [-0.15, -0.1) is 0 Å². The summed E-state index contributed by atoms with van der Waals surface area (Å²) in [6.45, 7) is 3.12. The Bertz CT molecular complexity index is 835. The molecule has 0 bridgehead atoms. The average molecular weight is 380 g/mol. The molecule has 1 unspecified atom stereocenters. The Morgan fingerprint density at radius 3 is 2.57 bits per heavy atom. The summed E-state index contributed by atoms with van der Waals surface area (Å²) in [7, 11) is 3.61. The van der Waals surface area contributed by atoms with E-state index in [1.54, 1.807) is 31.4 Å². The van der Waals surface area contributed by atoms with Crippen molar-refractivity contribution in [1.82, 2.24) is 14.8 Å². The fraction of sp³-hybridized carbons (Fsp3) is 0.435. The second kappa shape index (κ2) is 8.55. The van der Waals surface area contributed by atoms with Crippen molar-refractivity contribution in [3.8, 4) is 11.1 Å². The van der Waals surface area contributed by atoms with Crippen LogP contribution in [0.4, 0.5) is 0 Å². The highest BCUT2D eigenvalue weighted by Gasteiger charge is 2.44. The van der Waals surface area contributed by atoms with E-state index in [-0.39, 0.29) is 11.8 Å². The van der Waals surface area contributed by atoms with Crippen LogP contribution >= 0.6 is 0 Å². The largest absolute Gasteiger partial charge is 0.348 e. The Labute approximate surface area is 167 Å². The van der Waals surface area contributed by atoms with Crippen LogP contribution in [0.15, 0.2) is 48.8 Å². The van der Waals surface area contributed by atoms with Gasteiger partial charge in [-0.3, -0.25) is 14.6 Å². The third-order valence-electron chi connectivity index (χ3n) is 5.58. The molecule has 2 amide bonds. The zero-order chi connectivity index (χ0) is 20.1. The van der Waals surface area contributed by atoms with E-state index < -0.39 is 5.41 Å². The molecule has 1 atom stereocenters. The molecule has 2 aromatic rings. The van der Waals surface area contributed by atoms with Gasteiger partial charge in [0, 0.05) is 46.0 Å². The van der Waals surface area contributed by atoms with E-state index in [4.69, 9.17) is 0 Å². The molecular weight excluding hydrogens is 350 g/mol. The van der Waals surface area contributed by atoms with E-state index in [0.717, 1.165) is 36.1 Å². The summed E-state index contributed by atoms with van der Waals surface area (Å²) in [4.78, 5) is 33.2. The first-order valence-corrected chi connectivity index (χ1v) is 9.94. The van der Waals surface area contributed by atoms with E-state index in [1.165, 1.54) is 0 Å². The minimum atomic E-state index is -0.566. The standard InChI is InChI=1S/C23H29N3O2/c1-4-21(27)26-14-6-11-23(17-26,22(28)25(2)3)16-18-7-5-8-20(15-18)19-9-12-24-13-10-19/h5,7-10,12-13,15H,4,6,11,14,16-17H2,1-3H3. The lowest BCUT2D eigenvalue weighted by Crippen LogP contribution is -2.54. The third-order valence-corrected chi connectivity index (χ3v) is 5.58. The van der Waals surface area contributed by atoms with Gasteiger partial charge in [0.1, 0.15) is 0 Å². The number of amides is 2. The van der Waals surface area contributed by atoms with Crippen LogP contribution in [0.2, 0.25) is 0 Å². The van der Waals surface area contributed by atoms with Gasteiger partial charge in [0.15, 0.2) is 0 Å². The topological polar surface area (TPSA) is 53.5 Å². The minimum Gasteiger partial charge on any atom is -0.348 e. The molecule has 1 fully saturated rings. The van der Waals surface area contributed by atoms with Crippen LogP contribution in [0.5, 0.6) is 0 Å². The number of carbonyl (C=O) groups excluding carboxylic acids is 2. The molecule has 3 rings (SSSR count). The van der Waals surface area contributed by atoms with Gasteiger partial charge < -0.3 is 9.80 Å². The van der Waals surface area contributed by atoms with Gasteiger partial charge in [-0.2, -0.15) is 0 Å². The van der Waals surface area contributed by atoms with Gasteiger partial charge >= 0.3 is 0 Å². The summed E-state index contributed by atoms with van der Waals surface area (Å²) in [6, 6.07) is 12.3. The fourth-order valence-corrected chi connectivity index (χ4v) is 4.23. The van der Waals surface area contributed by atoms with Crippen molar-refractivity contribution in [3.63, 3.8) is 0 Å². The Morgan fingerprint density at radius 2 is 1.89 bits per heavy atom. The lowest BCUT2D eigenvalue weighted by Gasteiger charge is -2.43. The molecule has 2 heterocycles. The number of likely N-dealkylation sites (tertiary alicyclic amines) is 1. The lowest BCUT2D eigenvalue weighted by molar-refractivity contribution is -0.147. The Hall–Kier alpha value is -2.69. The molecule has 0 radical (unpaired) electrons. The molecule has 1 aromatic heterocycles. The van der Waals surface area contributed by atoms with Crippen LogP contribution < -0.4 is 0 Å². The predicted octanol–water partition coefficient (Wildman–Crippen LogP) is 3.40. The summed E-state index contributed by atoms with van der Waals surface area (Å²) < 4.78 is 0. The van der Waals surface area contributed by atoms with Crippen LogP contribution in [-0.2, 0) is 16.0 Å². The highest BCUT2D eigenvalue weighted by atomic mass is 16.2. The van der Waals surface area contributed by atoms with Gasteiger partial charge in [-0.05, 0) is 48.1 Å². The maximum Gasteiger partial charge on any atom is 0.230 e. The number of benzene rings is 1. The van der Waals surface area contributed by atoms with Gasteiger partial charge in [-0.25, -0.2) is 0 Å². The van der Waals surface area contributed by atoms with Crippen molar-refractivity contribution < 1.29 is 9.59 Å². The van der Waals surface area contributed by atoms with Crippen LogP contribution in [0.25, 0.3) is 11.1 Å². The van der Waals surface area contributed by atoms with Crippen molar-refractivity contribution in [3.05, 3.63) is 54.4 Å². The number of aromatic nitrogens is 1. The van der Waals surface area contributed by atoms with E-state index >= 15 is 0 Å². The van der Waals surface area contributed by atoms with E-state index in [9.17, 15) is 9.59 Å². The number of rotatable bonds is 5. The lowest BCUT2D eigenvalue weighted by atomic mass is 9.73. The molecule has 0 N–H and O–H groups in total.